The van der Waals surface area contributed by atoms with Crippen LogP contribution in [-0.2, 0) is 12.4 Å². The van der Waals surface area contributed by atoms with Crippen molar-refractivity contribution >= 4 is 22.6 Å². The van der Waals surface area contributed by atoms with Gasteiger partial charge in [-0.15, -0.1) is 11.6 Å². The van der Waals surface area contributed by atoms with E-state index in [9.17, 15) is 0 Å². The van der Waals surface area contributed by atoms with E-state index in [1.807, 2.05) is 6.07 Å². The van der Waals surface area contributed by atoms with E-state index in [4.69, 9.17) is 11.6 Å². The quantitative estimate of drug-likeness (QED) is 0.804. The number of hydrogen-bond acceptors (Lipinski definition) is 2. The Morgan fingerprint density at radius 3 is 2.75 bits per heavy atom. The van der Waals surface area contributed by atoms with Crippen molar-refractivity contribution in [1.29, 1.82) is 0 Å². The molecule has 1 aromatic heterocycles. The van der Waals surface area contributed by atoms with Crippen molar-refractivity contribution < 1.29 is 0 Å². The third kappa shape index (κ3) is 2.84. The van der Waals surface area contributed by atoms with Gasteiger partial charge >= 0.3 is 0 Å². The Morgan fingerprint density at radius 2 is 2.00 bits per heavy atom. The molecule has 2 aromatic rings. The second-order valence-electron chi connectivity index (χ2n) is 5.84. The fourth-order valence-corrected chi connectivity index (χ4v) is 3.34. The van der Waals surface area contributed by atoms with Gasteiger partial charge in [-0.3, -0.25) is 0 Å². The topological polar surface area (TPSA) is 21.1 Å². The largest absolute Gasteiger partial charge is 0.327 e. The minimum atomic E-state index is 0.488. The van der Waals surface area contributed by atoms with Crippen molar-refractivity contribution in [1.82, 2.24) is 14.5 Å². The highest BCUT2D eigenvalue weighted by Gasteiger charge is 2.17. The molecule has 20 heavy (non-hydrogen) atoms. The average molecular weight is 292 g/mol. The van der Waals surface area contributed by atoms with Crippen LogP contribution in [0.15, 0.2) is 24.3 Å². The van der Waals surface area contributed by atoms with E-state index in [0.717, 1.165) is 23.8 Å². The number of benzene rings is 1. The molecule has 3 rings (SSSR count). The zero-order valence-electron chi connectivity index (χ0n) is 12.1. The van der Waals surface area contributed by atoms with E-state index in [-0.39, 0.29) is 0 Å². The second kappa shape index (κ2) is 6.15. The highest BCUT2D eigenvalue weighted by atomic mass is 35.5. The van der Waals surface area contributed by atoms with Gasteiger partial charge in [-0.2, -0.15) is 0 Å². The summed E-state index contributed by atoms with van der Waals surface area (Å²) in [6.45, 7) is 3.51. The molecule has 0 aliphatic carbocycles. The van der Waals surface area contributed by atoms with Gasteiger partial charge in [-0.25, -0.2) is 4.98 Å². The van der Waals surface area contributed by atoms with Crippen molar-refractivity contribution in [3.05, 3.63) is 30.1 Å². The number of fused-ring (bicyclic) bond motifs is 1. The second-order valence-corrected chi connectivity index (χ2v) is 6.10. The SMILES string of the molecule is CN1CCC(CCn2c(CCl)nc3ccccc32)CC1. The molecule has 0 atom stereocenters. The van der Waals surface area contributed by atoms with Crippen molar-refractivity contribution in [3.63, 3.8) is 0 Å². The first kappa shape index (κ1) is 13.9. The van der Waals surface area contributed by atoms with E-state index in [1.165, 1.54) is 37.9 Å². The number of piperidine rings is 1. The molecule has 1 fully saturated rings. The van der Waals surface area contributed by atoms with Gasteiger partial charge in [-0.05, 0) is 57.5 Å². The van der Waals surface area contributed by atoms with Gasteiger partial charge in [0.05, 0.1) is 16.9 Å². The number of halogens is 1. The number of imidazole rings is 1. The molecule has 4 heteroatoms. The molecule has 0 N–H and O–H groups in total. The van der Waals surface area contributed by atoms with Crippen LogP contribution in [0.3, 0.4) is 0 Å². The van der Waals surface area contributed by atoms with Crippen LogP contribution in [0.1, 0.15) is 25.1 Å². The fraction of sp³-hybridized carbons (Fsp3) is 0.562. The normalized spacial score (nSPS) is 17.9. The lowest BCUT2D eigenvalue weighted by molar-refractivity contribution is 0.208. The van der Waals surface area contributed by atoms with Crippen molar-refractivity contribution in [2.24, 2.45) is 5.92 Å². The number of nitrogens with zero attached hydrogens (tertiary/aromatic N) is 3. The van der Waals surface area contributed by atoms with Gasteiger partial charge in [0.25, 0.3) is 0 Å². The monoisotopic (exact) mass is 291 g/mol. The van der Waals surface area contributed by atoms with Crippen LogP contribution in [0, 0.1) is 5.92 Å². The van der Waals surface area contributed by atoms with Gasteiger partial charge < -0.3 is 9.47 Å². The Kier molecular flexibility index (Phi) is 4.27. The van der Waals surface area contributed by atoms with Crippen LogP contribution in [0.2, 0.25) is 0 Å². The first-order valence-electron chi connectivity index (χ1n) is 7.46. The summed E-state index contributed by atoms with van der Waals surface area (Å²) in [5, 5.41) is 0. The molecule has 0 spiro atoms. The van der Waals surface area contributed by atoms with E-state index >= 15 is 0 Å². The predicted octanol–water partition coefficient (Wildman–Crippen LogP) is 3.51. The van der Waals surface area contributed by atoms with Gasteiger partial charge in [0.2, 0.25) is 0 Å². The van der Waals surface area contributed by atoms with Gasteiger partial charge in [0.15, 0.2) is 0 Å². The molecule has 0 saturated carbocycles. The van der Waals surface area contributed by atoms with Crippen LogP contribution in [0.5, 0.6) is 0 Å². The van der Waals surface area contributed by atoms with Gasteiger partial charge in [0.1, 0.15) is 5.82 Å². The molecule has 1 saturated heterocycles. The molecule has 0 unspecified atom stereocenters. The molecule has 1 aliphatic heterocycles. The maximum absolute atomic E-state index is 6.05. The Hall–Kier alpha value is -1.06. The number of alkyl halides is 1. The first-order chi connectivity index (χ1) is 9.78. The number of hydrogen-bond donors (Lipinski definition) is 0. The molecule has 108 valence electrons. The Balaban J connectivity index is 1.73. The lowest BCUT2D eigenvalue weighted by atomic mass is 9.94. The third-order valence-corrected chi connectivity index (χ3v) is 4.69. The summed E-state index contributed by atoms with van der Waals surface area (Å²) >= 11 is 6.05. The Morgan fingerprint density at radius 1 is 1.25 bits per heavy atom. The summed E-state index contributed by atoms with van der Waals surface area (Å²) in [4.78, 5) is 7.05. The van der Waals surface area contributed by atoms with Crippen molar-refractivity contribution in [2.75, 3.05) is 20.1 Å². The van der Waals surface area contributed by atoms with Crippen LogP contribution >= 0.6 is 11.6 Å². The highest BCUT2D eigenvalue weighted by molar-refractivity contribution is 6.16. The summed E-state index contributed by atoms with van der Waals surface area (Å²) in [6, 6.07) is 8.33. The molecular weight excluding hydrogens is 270 g/mol. The number of rotatable bonds is 4. The molecular formula is C16H22ClN3. The number of para-hydroxylation sites is 2. The van der Waals surface area contributed by atoms with Crippen molar-refractivity contribution in [3.8, 4) is 0 Å². The van der Waals surface area contributed by atoms with E-state index in [1.54, 1.807) is 0 Å². The molecule has 2 heterocycles. The molecule has 0 amide bonds. The number of aromatic nitrogens is 2. The fourth-order valence-electron chi connectivity index (χ4n) is 3.14. The minimum absolute atomic E-state index is 0.488. The molecule has 3 nitrogen and oxygen atoms in total. The summed E-state index contributed by atoms with van der Waals surface area (Å²) < 4.78 is 2.31. The van der Waals surface area contributed by atoms with Crippen molar-refractivity contribution in [2.45, 2.75) is 31.7 Å². The standard InChI is InChI=1S/C16H22ClN3/c1-19-9-6-13(7-10-19)8-11-20-15-5-3-2-4-14(15)18-16(20)12-17/h2-5,13H,6-12H2,1H3. The average Bonchev–Trinajstić information content (AvgIpc) is 2.84. The summed E-state index contributed by atoms with van der Waals surface area (Å²) in [6.07, 6.45) is 3.87. The van der Waals surface area contributed by atoms with Gasteiger partial charge in [0, 0.05) is 6.54 Å². The maximum Gasteiger partial charge on any atom is 0.124 e. The van der Waals surface area contributed by atoms with E-state index in [2.05, 4.69) is 39.7 Å². The molecule has 1 aromatic carbocycles. The zero-order chi connectivity index (χ0) is 13.9. The Labute approximate surface area is 125 Å². The summed E-state index contributed by atoms with van der Waals surface area (Å²) in [7, 11) is 2.21. The number of likely N-dealkylation sites (tertiary alicyclic amines) is 1. The van der Waals surface area contributed by atoms with E-state index < -0.39 is 0 Å². The molecule has 0 bridgehead atoms. The zero-order valence-corrected chi connectivity index (χ0v) is 12.8. The molecule has 1 aliphatic rings. The lowest BCUT2D eigenvalue weighted by Crippen LogP contribution is -2.30. The van der Waals surface area contributed by atoms with E-state index in [0.29, 0.717) is 5.88 Å². The number of aryl methyl sites for hydroxylation is 1. The van der Waals surface area contributed by atoms with Crippen LogP contribution in [-0.4, -0.2) is 34.6 Å². The molecule has 0 radical (unpaired) electrons. The smallest absolute Gasteiger partial charge is 0.124 e. The Bertz CT molecular complexity index is 570. The van der Waals surface area contributed by atoms with Gasteiger partial charge in [-0.1, -0.05) is 12.1 Å². The first-order valence-corrected chi connectivity index (χ1v) is 8.00. The van der Waals surface area contributed by atoms with Crippen LogP contribution < -0.4 is 0 Å². The summed E-state index contributed by atoms with van der Waals surface area (Å²) in [5.41, 5.74) is 2.28. The summed E-state index contributed by atoms with van der Waals surface area (Å²) in [5.74, 6) is 2.33. The maximum atomic E-state index is 6.05. The lowest BCUT2D eigenvalue weighted by Gasteiger charge is -2.29. The third-order valence-electron chi connectivity index (χ3n) is 4.45. The minimum Gasteiger partial charge on any atom is -0.327 e. The van der Waals surface area contributed by atoms with Crippen LogP contribution in [0.4, 0.5) is 0 Å². The highest BCUT2D eigenvalue weighted by Crippen LogP contribution is 2.23. The predicted molar refractivity (Wildman–Crippen MR) is 84.1 cm³/mol. The van der Waals surface area contributed by atoms with Crippen LogP contribution in [0.25, 0.3) is 11.0 Å².